The van der Waals surface area contributed by atoms with E-state index in [2.05, 4.69) is 15.5 Å². The fourth-order valence-corrected chi connectivity index (χ4v) is 3.75. The fourth-order valence-electron chi connectivity index (χ4n) is 1.92. The first kappa shape index (κ1) is 20.1. The molecule has 9 nitrogen and oxygen atoms in total. The van der Waals surface area contributed by atoms with Gasteiger partial charge in [0.1, 0.15) is 0 Å². The second-order valence-corrected chi connectivity index (χ2v) is 7.15. The van der Waals surface area contributed by atoms with Crippen molar-refractivity contribution in [2.75, 3.05) is 32.2 Å². The number of nitro groups is 1. The number of esters is 1. The Morgan fingerprint density at radius 1 is 1.42 bits per heavy atom. The number of nitrogens with one attached hydrogen (secondary N) is 1. The molecule has 1 aromatic heterocycles. The van der Waals surface area contributed by atoms with Crippen LogP contribution in [0.3, 0.4) is 0 Å². The van der Waals surface area contributed by atoms with Crippen molar-refractivity contribution in [3.8, 4) is 0 Å². The Bertz CT molecular complexity index is 768. The maximum atomic E-state index is 11.9. The molecule has 0 aliphatic heterocycles. The van der Waals surface area contributed by atoms with E-state index in [1.54, 1.807) is 0 Å². The summed E-state index contributed by atoms with van der Waals surface area (Å²) in [7, 11) is 1.23. The third-order valence-electron chi connectivity index (χ3n) is 3.13. The molecule has 1 N–H and O–H groups in total. The Kier molecular flexibility index (Phi) is 7.75. The van der Waals surface area contributed by atoms with Crippen molar-refractivity contribution in [3.05, 3.63) is 33.9 Å². The van der Waals surface area contributed by atoms with Gasteiger partial charge in [-0.1, -0.05) is 23.1 Å². The number of carbonyl (C=O) groups excluding carboxylic acids is 1. The van der Waals surface area contributed by atoms with Crippen molar-refractivity contribution >= 4 is 39.9 Å². The first-order valence-electron chi connectivity index (χ1n) is 7.75. The number of nitro benzene ring substituents is 1. The molecule has 0 aliphatic rings. The molecule has 140 valence electrons. The molecule has 0 aliphatic carbocycles. The predicted molar refractivity (Wildman–Crippen MR) is 98.1 cm³/mol. The lowest BCUT2D eigenvalue weighted by atomic mass is 10.2. The van der Waals surface area contributed by atoms with E-state index in [-0.39, 0.29) is 11.3 Å². The van der Waals surface area contributed by atoms with Gasteiger partial charge in [0.2, 0.25) is 5.13 Å². The molecule has 2 rings (SSSR count). The van der Waals surface area contributed by atoms with Crippen LogP contribution < -0.4 is 5.32 Å². The first-order valence-corrected chi connectivity index (χ1v) is 9.38. The molecular weight excluding hydrogens is 380 g/mol. The van der Waals surface area contributed by atoms with Crippen LogP contribution in [0.2, 0.25) is 0 Å². The van der Waals surface area contributed by atoms with Gasteiger partial charge < -0.3 is 14.8 Å². The molecule has 0 bridgehead atoms. The van der Waals surface area contributed by atoms with Crippen molar-refractivity contribution in [2.24, 2.45) is 0 Å². The number of nitrogens with zero attached hydrogens (tertiary/aromatic N) is 3. The normalized spacial score (nSPS) is 10.5. The highest BCUT2D eigenvalue weighted by Crippen LogP contribution is 2.35. The van der Waals surface area contributed by atoms with Crippen molar-refractivity contribution in [1.82, 2.24) is 10.2 Å². The standard InChI is InChI=1S/C15H18N4O5S2/c1-3-24-8-4-7-16-14-17-18-15(26-14)25-12-6-5-10(19(21)22)9-11(12)13(20)23-2/h5-6,9H,3-4,7-8H2,1-2H3,(H,16,17). The zero-order valence-electron chi connectivity index (χ0n) is 14.3. The monoisotopic (exact) mass is 398 g/mol. The number of hydrogen-bond donors (Lipinski definition) is 1. The summed E-state index contributed by atoms with van der Waals surface area (Å²) in [5.74, 6) is -0.644. The van der Waals surface area contributed by atoms with Gasteiger partial charge in [0.05, 0.1) is 17.6 Å². The van der Waals surface area contributed by atoms with Crippen LogP contribution in [-0.4, -0.2) is 48.0 Å². The predicted octanol–water partition coefficient (Wildman–Crippen LogP) is 3.22. The number of aromatic nitrogens is 2. The van der Waals surface area contributed by atoms with Crippen LogP contribution >= 0.6 is 23.1 Å². The summed E-state index contributed by atoms with van der Waals surface area (Å²) >= 11 is 2.54. The third kappa shape index (κ3) is 5.64. The van der Waals surface area contributed by atoms with Crippen molar-refractivity contribution in [1.29, 1.82) is 0 Å². The Morgan fingerprint density at radius 3 is 2.92 bits per heavy atom. The van der Waals surface area contributed by atoms with Crippen molar-refractivity contribution in [3.63, 3.8) is 0 Å². The van der Waals surface area contributed by atoms with Gasteiger partial charge >= 0.3 is 5.97 Å². The minimum absolute atomic E-state index is 0.119. The van der Waals surface area contributed by atoms with Gasteiger partial charge in [0, 0.05) is 36.8 Å². The number of rotatable bonds is 10. The van der Waals surface area contributed by atoms with Crippen molar-refractivity contribution < 1.29 is 19.2 Å². The molecule has 0 saturated heterocycles. The number of carbonyl (C=O) groups is 1. The summed E-state index contributed by atoms with van der Waals surface area (Å²) in [6.07, 6.45) is 0.852. The average molecular weight is 398 g/mol. The highest BCUT2D eigenvalue weighted by atomic mass is 32.2. The van der Waals surface area contributed by atoms with Gasteiger partial charge in [-0.25, -0.2) is 4.79 Å². The minimum Gasteiger partial charge on any atom is -0.465 e. The van der Waals surface area contributed by atoms with Crippen LogP contribution in [0, 0.1) is 10.1 Å². The summed E-state index contributed by atoms with van der Waals surface area (Å²) < 4.78 is 10.6. The number of benzene rings is 1. The van der Waals surface area contributed by atoms with Gasteiger partial charge in [0.15, 0.2) is 4.34 Å². The van der Waals surface area contributed by atoms with Gasteiger partial charge in [-0.15, -0.1) is 10.2 Å². The van der Waals surface area contributed by atoms with Crippen LogP contribution in [0.5, 0.6) is 0 Å². The van der Waals surface area contributed by atoms with Crippen LogP contribution in [-0.2, 0) is 9.47 Å². The second kappa shape index (κ2) is 10.0. The summed E-state index contributed by atoms with van der Waals surface area (Å²) in [5, 5.41) is 22.8. The fraction of sp³-hybridized carbons (Fsp3) is 0.400. The van der Waals surface area contributed by atoms with Crippen LogP contribution in [0.4, 0.5) is 10.8 Å². The Morgan fingerprint density at radius 2 is 2.23 bits per heavy atom. The third-order valence-corrected chi connectivity index (χ3v) is 5.14. The summed E-state index contributed by atoms with van der Waals surface area (Å²) in [4.78, 5) is 22.8. The number of hydrogen-bond acceptors (Lipinski definition) is 10. The highest BCUT2D eigenvalue weighted by molar-refractivity contribution is 8.01. The molecule has 26 heavy (non-hydrogen) atoms. The van der Waals surface area contributed by atoms with Gasteiger partial charge in [0.25, 0.3) is 5.69 Å². The van der Waals surface area contributed by atoms with E-state index in [4.69, 9.17) is 9.47 Å². The Labute approximate surface area is 158 Å². The molecule has 1 heterocycles. The molecule has 0 atom stereocenters. The van der Waals surface area contributed by atoms with E-state index in [0.29, 0.717) is 34.1 Å². The molecule has 0 amide bonds. The van der Waals surface area contributed by atoms with Crippen molar-refractivity contribution in [2.45, 2.75) is 22.6 Å². The molecule has 0 spiro atoms. The number of non-ortho nitro benzene ring substituents is 1. The molecule has 2 aromatic rings. The number of methoxy groups -OCH3 is 1. The SMILES string of the molecule is CCOCCCNc1nnc(Sc2ccc([N+](=O)[O-])cc2C(=O)OC)s1. The summed E-state index contributed by atoms with van der Waals surface area (Å²) in [6, 6.07) is 4.04. The van der Waals surface area contributed by atoms with Crippen LogP contribution in [0.1, 0.15) is 23.7 Å². The minimum atomic E-state index is -0.644. The molecule has 1 aromatic carbocycles. The average Bonchev–Trinajstić information content (AvgIpc) is 3.08. The maximum absolute atomic E-state index is 11.9. The van der Waals surface area contributed by atoms with Crippen LogP contribution in [0.25, 0.3) is 0 Å². The first-order chi connectivity index (χ1) is 12.5. The summed E-state index contributed by atoms with van der Waals surface area (Å²) in [6.45, 7) is 4.03. The van der Waals surface area contributed by atoms with Gasteiger partial charge in [-0.05, 0) is 19.4 Å². The molecule has 0 radical (unpaired) electrons. The Hall–Kier alpha value is -2.24. The zero-order valence-corrected chi connectivity index (χ0v) is 15.9. The van der Waals surface area contributed by atoms with E-state index < -0.39 is 10.9 Å². The lowest BCUT2D eigenvalue weighted by molar-refractivity contribution is -0.384. The van der Waals surface area contributed by atoms with E-state index in [0.717, 1.165) is 6.42 Å². The van der Waals surface area contributed by atoms with Gasteiger partial charge in [-0.3, -0.25) is 10.1 Å². The lowest BCUT2D eigenvalue weighted by Crippen LogP contribution is -2.05. The van der Waals surface area contributed by atoms with Crippen LogP contribution in [0.15, 0.2) is 27.4 Å². The zero-order chi connectivity index (χ0) is 18.9. The number of ether oxygens (including phenoxy) is 2. The summed E-state index contributed by atoms with van der Waals surface area (Å²) in [5.41, 5.74) is -0.0585. The van der Waals surface area contributed by atoms with E-state index in [1.165, 1.54) is 48.4 Å². The largest absolute Gasteiger partial charge is 0.465 e. The van der Waals surface area contributed by atoms with Gasteiger partial charge in [-0.2, -0.15) is 0 Å². The quantitative estimate of drug-likeness (QED) is 0.278. The smallest absolute Gasteiger partial charge is 0.339 e. The Balaban J connectivity index is 2.06. The van der Waals surface area contributed by atoms with E-state index in [1.807, 2.05) is 6.92 Å². The molecule has 11 heteroatoms. The molecule has 0 fully saturated rings. The molecule has 0 saturated carbocycles. The topological polar surface area (TPSA) is 116 Å². The van der Waals surface area contributed by atoms with E-state index in [9.17, 15) is 14.9 Å². The lowest BCUT2D eigenvalue weighted by Gasteiger charge is -2.05. The number of anilines is 1. The van der Waals surface area contributed by atoms with E-state index >= 15 is 0 Å². The maximum Gasteiger partial charge on any atom is 0.339 e. The molecular formula is C15H18N4O5S2. The molecule has 0 unspecified atom stereocenters. The second-order valence-electron chi connectivity index (χ2n) is 4.88. The highest BCUT2D eigenvalue weighted by Gasteiger charge is 2.19.